The Morgan fingerprint density at radius 1 is 0.810 bits per heavy atom. The van der Waals surface area contributed by atoms with E-state index in [1.165, 1.54) is 0 Å². The smallest absolute Gasteiger partial charge is 0.309 e. The van der Waals surface area contributed by atoms with E-state index in [-0.39, 0.29) is 17.9 Å². The van der Waals surface area contributed by atoms with Crippen molar-refractivity contribution in [3.63, 3.8) is 0 Å². The molecule has 0 atom stereocenters. The van der Waals surface area contributed by atoms with Crippen LogP contribution in [0, 0.1) is 5.92 Å². The van der Waals surface area contributed by atoms with Crippen molar-refractivity contribution in [2.24, 2.45) is 5.92 Å². The highest BCUT2D eigenvalue weighted by Crippen LogP contribution is 2.33. The number of nitrogens with one attached hydrogen (secondary N) is 1. The third-order valence-corrected chi connectivity index (χ3v) is 7.18. The molecule has 1 aliphatic carbocycles. The molecular weight excluding hydrogens is 526 g/mol. The molecule has 2 heterocycles. The summed E-state index contributed by atoms with van der Waals surface area (Å²) in [6.07, 6.45) is 5.28. The summed E-state index contributed by atoms with van der Waals surface area (Å²) < 4.78 is 17.8. The molecule has 4 aromatic rings. The summed E-state index contributed by atoms with van der Waals surface area (Å²) in [7, 11) is 0. The van der Waals surface area contributed by atoms with Gasteiger partial charge >= 0.3 is 5.97 Å². The van der Waals surface area contributed by atoms with Crippen molar-refractivity contribution in [1.82, 2.24) is 9.97 Å². The number of esters is 1. The van der Waals surface area contributed by atoms with Crippen molar-refractivity contribution in [3.8, 4) is 22.9 Å². The molecule has 1 saturated carbocycles. The minimum Gasteiger partial charge on any atom is -0.473 e. The fraction of sp³-hybridized carbons (Fsp3) is 0.343. The first-order chi connectivity index (χ1) is 20.3. The third-order valence-electron chi connectivity index (χ3n) is 7.18. The molecule has 7 heteroatoms. The van der Waals surface area contributed by atoms with E-state index >= 15 is 0 Å². The lowest BCUT2D eigenvalue weighted by Crippen LogP contribution is -2.34. The van der Waals surface area contributed by atoms with Gasteiger partial charge in [0.1, 0.15) is 24.6 Å². The van der Waals surface area contributed by atoms with Gasteiger partial charge < -0.3 is 19.5 Å². The number of ether oxygens (including phenoxy) is 3. The Hall–Kier alpha value is -4.39. The molecule has 2 aromatic heterocycles. The van der Waals surface area contributed by atoms with Gasteiger partial charge in [0.2, 0.25) is 11.8 Å². The average molecular weight is 566 g/mol. The van der Waals surface area contributed by atoms with E-state index in [2.05, 4.69) is 5.32 Å². The van der Waals surface area contributed by atoms with E-state index in [4.69, 9.17) is 24.2 Å². The van der Waals surface area contributed by atoms with Crippen LogP contribution >= 0.6 is 0 Å². The van der Waals surface area contributed by atoms with E-state index in [1.54, 1.807) is 0 Å². The maximum Gasteiger partial charge on any atom is 0.309 e. The van der Waals surface area contributed by atoms with Crippen LogP contribution < -0.4 is 14.8 Å². The third kappa shape index (κ3) is 8.32. The van der Waals surface area contributed by atoms with Crippen molar-refractivity contribution in [2.75, 3.05) is 5.32 Å². The number of hydrogen-bond acceptors (Lipinski definition) is 7. The van der Waals surface area contributed by atoms with Crippen molar-refractivity contribution in [2.45, 2.75) is 71.3 Å². The van der Waals surface area contributed by atoms with Gasteiger partial charge in [-0.15, -0.1) is 0 Å². The standard InChI is InChI=1S/C35H39N3O4/c1-35(2,3)42-34(39)27-14-17-29(18-15-27)37-31-20-16-28(22-36-31)30-19-21-32(40-23-25-10-6-4-7-11-25)38-33(30)41-24-26-12-8-5-9-13-26/h4-13,16,19-22,27,29H,14-15,17-18,23-24H2,1-3H3,(H,36,37). The Morgan fingerprint density at radius 3 is 2.05 bits per heavy atom. The highest BCUT2D eigenvalue weighted by Gasteiger charge is 2.30. The van der Waals surface area contributed by atoms with E-state index in [0.717, 1.165) is 53.8 Å². The Morgan fingerprint density at radius 2 is 1.45 bits per heavy atom. The van der Waals surface area contributed by atoms with Crippen LogP contribution in [0.2, 0.25) is 0 Å². The average Bonchev–Trinajstić information content (AvgIpc) is 3.00. The molecule has 0 amide bonds. The monoisotopic (exact) mass is 565 g/mol. The molecule has 0 aliphatic heterocycles. The molecule has 0 unspecified atom stereocenters. The Bertz CT molecular complexity index is 1430. The fourth-order valence-electron chi connectivity index (χ4n) is 5.00. The van der Waals surface area contributed by atoms with Gasteiger partial charge in [-0.25, -0.2) is 4.98 Å². The predicted octanol–water partition coefficient (Wildman–Crippen LogP) is 7.61. The molecule has 5 rings (SSSR count). The molecule has 1 aliphatic rings. The number of rotatable bonds is 10. The Balaban J connectivity index is 1.24. The van der Waals surface area contributed by atoms with Crippen LogP contribution in [0.1, 0.15) is 57.6 Å². The van der Waals surface area contributed by atoms with E-state index in [9.17, 15) is 4.79 Å². The SMILES string of the molecule is CC(C)(C)OC(=O)C1CCC(Nc2ccc(-c3ccc(OCc4ccccc4)nc3OCc3ccccc3)cn2)CC1. The number of anilines is 1. The molecule has 0 saturated heterocycles. The number of hydrogen-bond donors (Lipinski definition) is 1. The first-order valence-corrected chi connectivity index (χ1v) is 14.6. The fourth-order valence-corrected chi connectivity index (χ4v) is 5.00. The molecule has 0 radical (unpaired) electrons. The van der Waals surface area contributed by atoms with Crippen LogP contribution in [0.5, 0.6) is 11.8 Å². The summed E-state index contributed by atoms with van der Waals surface area (Å²) in [5.74, 6) is 1.69. The lowest BCUT2D eigenvalue weighted by Gasteiger charge is -2.30. The second-order valence-corrected chi connectivity index (χ2v) is 11.7. The summed E-state index contributed by atoms with van der Waals surface area (Å²) in [5.41, 5.74) is 3.42. The van der Waals surface area contributed by atoms with E-state index in [1.807, 2.05) is 112 Å². The summed E-state index contributed by atoms with van der Waals surface area (Å²) in [5, 5.41) is 3.54. The summed E-state index contributed by atoms with van der Waals surface area (Å²) in [6.45, 7) is 6.55. The largest absolute Gasteiger partial charge is 0.473 e. The van der Waals surface area contributed by atoms with Crippen LogP contribution in [0.25, 0.3) is 11.1 Å². The van der Waals surface area contributed by atoms with Crippen molar-refractivity contribution < 1.29 is 19.0 Å². The van der Waals surface area contributed by atoms with Crippen LogP contribution in [-0.4, -0.2) is 27.6 Å². The number of aromatic nitrogens is 2. The summed E-state index contributed by atoms with van der Waals surface area (Å²) in [4.78, 5) is 21.9. The van der Waals surface area contributed by atoms with Gasteiger partial charge in [0.15, 0.2) is 0 Å². The van der Waals surface area contributed by atoms with Crippen LogP contribution in [0.15, 0.2) is 91.1 Å². The highest BCUT2D eigenvalue weighted by molar-refractivity contribution is 5.73. The zero-order valence-electron chi connectivity index (χ0n) is 24.6. The topological polar surface area (TPSA) is 82.6 Å². The van der Waals surface area contributed by atoms with Crippen molar-refractivity contribution >= 4 is 11.8 Å². The van der Waals surface area contributed by atoms with Gasteiger partial charge in [0.05, 0.1) is 5.92 Å². The zero-order chi connectivity index (χ0) is 29.4. The number of benzene rings is 2. The van der Waals surface area contributed by atoms with Gasteiger partial charge in [0.25, 0.3) is 0 Å². The molecule has 0 bridgehead atoms. The molecule has 2 aromatic carbocycles. The molecular formula is C35H39N3O4. The maximum absolute atomic E-state index is 12.4. The van der Waals surface area contributed by atoms with Gasteiger partial charge in [-0.2, -0.15) is 4.98 Å². The molecule has 42 heavy (non-hydrogen) atoms. The Labute approximate surface area is 248 Å². The minimum absolute atomic E-state index is 0.0286. The lowest BCUT2D eigenvalue weighted by molar-refractivity contribution is -0.161. The number of nitrogens with zero attached hydrogens (tertiary/aromatic N) is 2. The molecule has 0 spiro atoms. The first kappa shape index (κ1) is 29.1. The van der Waals surface area contributed by atoms with Gasteiger partial charge in [-0.05, 0) is 75.8 Å². The van der Waals surface area contributed by atoms with Crippen LogP contribution in [0.4, 0.5) is 5.82 Å². The number of carbonyl (C=O) groups is 1. The number of carbonyl (C=O) groups excluding carboxylic acids is 1. The molecule has 218 valence electrons. The normalized spacial score (nSPS) is 16.8. The zero-order valence-corrected chi connectivity index (χ0v) is 24.6. The number of pyridine rings is 2. The van der Waals surface area contributed by atoms with E-state index in [0.29, 0.717) is 25.0 Å². The van der Waals surface area contributed by atoms with Crippen molar-refractivity contribution in [1.29, 1.82) is 0 Å². The van der Waals surface area contributed by atoms with Crippen LogP contribution in [-0.2, 0) is 22.7 Å². The van der Waals surface area contributed by atoms with Gasteiger partial charge in [-0.3, -0.25) is 4.79 Å². The van der Waals surface area contributed by atoms with Crippen molar-refractivity contribution in [3.05, 3.63) is 102 Å². The highest BCUT2D eigenvalue weighted by atomic mass is 16.6. The minimum atomic E-state index is -0.449. The predicted molar refractivity (Wildman–Crippen MR) is 164 cm³/mol. The maximum atomic E-state index is 12.4. The molecule has 1 fully saturated rings. The first-order valence-electron chi connectivity index (χ1n) is 14.6. The molecule has 1 N–H and O–H groups in total. The van der Waals surface area contributed by atoms with Gasteiger partial charge in [0, 0.05) is 29.4 Å². The van der Waals surface area contributed by atoms with E-state index < -0.39 is 5.60 Å². The Kier molecular flexibility index (Phi) is 9.37. The second-order valence-electron chi connectivity index (χ2n) is 11.7. The summed E-state index contributed by atoms with van der Waals surface area (Å²) >= 11 is 0. The lowest BCUT2D eigenvalue weighted by atomic mass is 9.86. The van der Waals surface area contributed by atoms with Gasteiger partial charge in [-0.1, -0.05) is 60.7 Å². The second kappa shape index (κ2) is 13.5. The summed E-state index contributed by atoms with van der Waals surface area (Å²) in [6, 6.07) is 28.1. The quantitative estimate of drug-likeness (QED) is 0.198. The van der Waals surface area contributed by atoms with Crippen LogP contribution in [0.3, 0.4) is 0 Å². The molecule has 7 nitrogen and oxygen atoms in total.